The second-order valence-corrected chi connectivity index (χ2v) is 14.4. The van der Waals surface area contributed by atoms with Gasteiger partial charge < -0.3 is 4.74 Å². The Bertz CT molecular complexity index is 1030. The molecule has 0 saturated carbocycles. The predicted molar refractivity (Wildman–Crippen MR) is 129 cm³/mol. The average molecular weight is 452 g/mol. The minimum absolute atomic E-state index is 0.363. The lowest BCUT2D eigenvalue weighted by Gasteiger charge is -2.50. The topological polar surface area (TPSA) is 74.4 Å². The lowest BCUT2D eigenvalue weighted by Crippen LogP contribution is -2.66. The molecular weight excluding hydrogens is 418 g/mol. The molecule has 1 aliphatic rings. The molecule has 2 unspecified atom stereocenters. The maximum absolute atomic E-state index is 13.5. The zero-order valence-corrected chi connectivity index (χ0v) is 20.9. The molecule has 7 nitrogen and oxygen atoms in total. The van der Waals surface area contributed by atoms with Crippen LogP contribution in [-0.2, 0) is 12.1 Å². The van der Waals surface area contributed by atoms with E-state index in [1.165, 1.54) is 5.19 Å². The molecular formula is C24H33N5O2Si. The fourth-order valence-electron chi connectivity index (χ4n) is 4.35. The second kappa shape index (κ2) is 8.92. The molecule has 1 amide bonds. The largest absolute Gasteiger partial charge is 0.418 e. The molecule has 0 bridgehead atoms. The quantitative estimate of drug-likeness (QED) is 0.514. The molecule has 1 fully saturated rings. The summed E-state index contributed by atoms with van der Waals surface area (Å²) in [6, 6.07) is 12.0. The van der Waals surface area contributed by atoms with Crippen LogP contribution in [0.5, 0.6) is 5.88 Å². The minimum atomic E-state index is -1.51. The number of carbonyl (C=O) groups is 1. The molecule has 2 heterocycles. The summed E-state index contributed by atoms with van der Waals surface area (Å²) in [5.74, 6) is 0.380. The van der Waals surface area contributed by atoms with Gasteiger partial charge >= 0.3 is 6.09 Å². The fraction of sp³-hybridized carbons (Fsp3) is 0.458. The van der Waals surface area contributed by atoms with Crippen molar-refractivity contribution in [3.63, 3.8) is 0 Å². The Morgan fingerprint density at radius 2 is 2.00 bits per heavy atom. The van der Waals surface area contributed by atoms with Crippen molar-refractivity contribution in [1.82, 2.24) is 19.6 Å². The van der Waals surface area contributed by atoms with E-state index in [1.54, 1.807) is 21.7 Å². The first-order valence-electron chi connectivity index (χ1n) is 11.0. The van der Waals surface area contributed by atoms with Gasteiger partial charge in [-0.05, 0) is 26.5 Å². The number of aromatic nitrogens is 2. The van der Waals surface area contributed by atoms with E-state index in [2.05, 4.69) is 54.4 Å². The highest BCUT2D eigenvalue weighted by atomic mass is 28.3. The molecule has 2 atom stereocenters. The molecule has 0 spiro atoms. The van der Waals surface area contributed by atoms with E-state index in [1.807, 2.05) is 33.0 Å². The van der Waals surface area contributed by atoms with Crippen LogP contribution in [0.25, 0.3) is 0 Å². The zero-order chi connectivity index (χ0) is 23.7. The minimum Gasteiger partial charge on any atom is -0.391 e. The van der Waals surface area contributed by atoms with E-state index in [9.17, 15) is 10.1 Å². The maximum atomic E-state index is 13.5. The number of nitrogens with zero attached hydrogens (tertiary/aromatic N) is 5. The highest BCUT2D eigenvalue weighted by molar-refractivity contribution is 6.88. The number of piperazine rings is 1. The smallest absolute Gasteiger partial charge is 0.391 e. The van der Waals surface area contributed by atoms with Gasteiger partial charge in [-0.3, -0.25) is 9.80 Å². The molecule has 1 aromatic heterocycles. The Morgan fingerprint density at radius 1 is 1.34 bits per heavy atom. The van der Waals surface area contributed by atoms with Crippen LogP contribution in [0, 0.1) is 18.3 Å². The Balaban J connectivity index is 2.08. The Kier molecular flexibility index (Phi) is 6.63. The number of benzene rings is 1. The Labute approximate surface area is 191 Å². The third-order valence-electron chi connectivity index (χ3n) is 6.17. The fourth-order valence-corrected chi connectivity index (χ4v) is 5.52. The van der Waals surface area contributed by atoms with E-state index in [0.717, 1.165) is 11.3 Å². The molecule has 0 aliphatic carbocycles. The monoisotopic (exact) mass is 451 g/mol. The third-order valence-corrected chi connectivity index (χ3v) is 8.23. The van der Waals surface area contributed by atoms with Crippen molar-refractivity contribution in [2.24, 2.45) is 0 Å². The summed E-state index contributed by atoms with van der Waals surface area (Å²) < 4.78 is 7.42. The Morgan fingerprint density at radius 3 is 2.53 bits per heavy atom. The van der Waals surface area contributed by atoms with Gasteiger partial charge in [-0.1, -0.05) is 55.2 Å². The highest BCUT2D eigenvalue weighted by Gasteiger charge is 2.52. The van der Waals surface area contributed by atoms with E-state index < -0.39 is 19.7 Å². The molecule has 0 radical (unpaired) electrons. The highest BCUT2D eigenvalue weighted by Crippen LogP contribution is 2.38. The summed E-state index contributed by atoms with van der Waals surface area (Å²) in [5.41, 5.74) is 0.275. The van der Waals surface area contributed by atoms with Crippen LogP contribution in [0.3, 0.4) is 0 Å². The van der Waals surface area contributed by atoms with Crippen molar-refractivity contribution in [2.45, 2.75) is 51.6 Å². The van der Waals surface area contributed by atoms with Gasteiger partial charge in [-0.15, -0.1) is 6.58 Å². The van der Waals surface area contributed by atoms with Gasteiger partial charge in [-0.25, -0.2) is 9.48 Å². The van der Waals surface area contributed by atoms with Gasteiger partial charge in [0.25, 0.3) is 0 Å². The second-order valence-electron chi connectivity index (χ2n) is 9.33. The summed E-state index contributed by atoms with van der Waals surface area (Å²) in [6.45, 7) is 16.2. The van der Waals surface area contributed by atoms with Crippen LogP contribution >= 0.6 is 0 Å². The molecule has 170 valence electrons. The number of carbonyl (C=O) groups excluding carboxylic acids is 1. The molecule has 1 aromatic carbocycles. The van der Waals surface area contributed by atoms with Crippen LogP contribution in [0.4, 0.5) is 4.79 Å². The van der Waals surface area contributed by atoms with Crippen LogP contribution in [0.1, 0.15) is 18.2 Å². The van der Waals surface area contributed by atoms with Gasteiger partial charge in [0, 0.05) is 25.7 Å². The lowest BCUT2D eigenvalue weighted by molar-refractivity contribution is 0.0183. The van der Waals surface area contributed by atoms with Gasteiger partial charge in [-0.2, -0.15) is 10.4 Å². The van der Waals surface area contributed by atoms with Crippen molar-refractivity contribution in [3.05, 3.63) is 54.2 Å². The van der Waals surface area contributed by atoms with E-state index in [4.69, 9.17) is 4.74 Å². The number of amides is 1. The van der Waals surface area contributed by atoms with Crippen LogP contribution in [-0.4, -0.2) is 59.9 Å². The van der Waals surface area contributed by atoms with E-state index >= 15 is 0 Å². The summed E-state index contributed by atoms with van der Waals surface area (Å²) in [5, 5.41) is 16.2. The molecule has 0 N–H and O–H groups in total. The van der Waals surface area contributed by atoms with Crippen LogP contribution in [0.2, 0.25) is 19.6 Å². The van der Waals surface area contributed by atoms with Crippen LogP contribution in [0.15, 0.2) is 43.0 Å². The van der Waals surface area contributed by atoms with Gasteiger partial charge in [0.15, 0.2) is 5.54 Å². The Hall–Kier alpha value is -2.89. The van der Waals surface area contributed by atoms with Crippen molar-refractivity contribution in [1.29, 1.82) is 5.26 Å². The number of rotatable bonds is 5. The number of aryl methyl sites for hydroxylation is 2. The molecule has 2 aromatic rings. The van der Waals surface area contributed by atoms with E-state index in [-0.39, 0.29) is 6.04 Å². The SMILES string of the molecule is C=CC1N(C)CCN(C(=O)Oc2cc(C)nn2CC)C1(C#N)c1ccc([Si](C)(C)C)cc1. The lowest BCUT2D eigenvalue weighted by atomic mass is 9.80. The summed E-state index contributed by atoms with van der Waals surface area (Å²) in [6.07, 6.45) is 1.19. The number of hydrogen-bond acceptors (Lipinski definition) is 5. The number of hydrogen-bond donors (Lipinski definition) is 0. The van der Waals surface area contributed by atoms with Crippen LogP contribution < -0.4 is 9.92 Å². The molecule has 3 rings (SSSR count). The molecule has 8 heteroatoms. The normalized spacial score (nSPS) is 21.8. The van der Waals surface area contributed by atoms with Crippen molar-refractivity contribution in [3.8, 4) is 11.9 Å². The average Bonchev–Trinajstić information content (AvgIpc) is 3.11. The number of ether oxygens (including phenoxy) is 1. The molecule has 1 aliphatic heterocycles. The zero-order valence-electron chi connectivity index (χ0n) is 19.9. The standard InChI is InChI=1S/C24H33N5O2Si/c1-8-21-24(17-25,19-10-12-20(13-11-19)32(5,6)7)28(15-14-27(21)4)23(30)31-22-16-18(3)26-29(22)9-2/h8,10-13,16,21H,1,9,14-15H2,2-7H3. The van der Waals surface area contributed by atoms with Crippen molar-refractivity contribution >= 4 is 19.4 Å². The van der Waals surface area contributed by atoms with Gasteiger partial charge in [0.05, 0.1) is 25.9 Å². The van der Waals surface area contributed by atoms with E-state index in [0.29, 0.717) is 25.5 Å². The third kappa shape index (κ3) is 4.10. The van der Waals surface area contributed by atoms with Crippen molar-refractivity contribution < 1.29 is 9.53 Å². The summed E-state index contributed by atoms with van der Waals surface area (Å²) in [7, 11) is 0.446. The first kappa shape index (κ1) is 23.8. The predicted octanol–water partition coefficient (Wildman–Crippen LogP) is 3.48. The molecule has 1 saturated heterocycles. The first-order chi connectivity index (χ1) is 15.1. The maximum Gasteiger partial charge on any atom is 0.418 e. The summed E-state index contributed by atoms with van der Waals surface area (Å²) >= 11 is 0. The number of likely N-dealkylation sites (N-methyl/N-ethyl adjacent to an activating group) is 1. The summed E-state index contributed by atoms with van der Waals surface area (Å²) in [4.78, 5) is 17.1. The van der Waals surface area contributed by atoms with Gasteiger partial charge in [0.1, 0.15) is 0 Å². The molecule has 32 heavy (non-hydrogen) atoms. The number of nitriles is 1. The van der Waals surface area contributed by atoms with Gasteiger partial charge in [0.2, 0.25) is 5.88 Å². The first-order valence-corrected chi connectivity index (χ1v) is 14.5. The van der Waals surface area contributed by atoms with Crippen molar-refractivity contribution in [2.75, 3.05) is 20.1 Å².